The highest BCUT2D eigenvalue weighted by atomic mass is 32.2. The second-order valence-electron chi connectivity index (χ2n) is 5.08. The van der Waals surface area contributed by atoms with Gasteiger partial charge in [0.25, 0.3) is 0 Å². The lowest BCUT2D eigenvalue weighted by Crippen LogP contribution is -2.41. The van der Waals surface area contributed by atoms with Crippen molar-refractivity contribution in [1.29, 1.82) is 0 Å². The minimum atomic E-state index is -4.41. The first-order valence-electron chi connectivity index (χ1n) is 6.77. The average molecular weight is 331 g/mol. The second-order valence-corrected chi connectivity index (χ2v) is 6.78. The zero-order valence-corrected chi connectivity index (χ0v) is 12.8. The molecular weight excluding hydrogens is 315 g/mol. The molecule has 22 heavy (non-hydrogen) atoms. The van der Waals surface area contributed by atoms with E-state index in [-0.39, 0.29) is 5.91 Å². The molecule has 0 aliphatic carbocycles. The smallest absolute Gasteiger partial charge is 0.337 e. The van der Waals surface area contributed by atoms with Gasteiger partial charge in [-0.1, -0.05) is 12.1 Å². The maximum atomic E-state index is 12.7. The van der Waals surface area contributed by atoms with Crippen molar-refractivity contribution in [2.75, 3.05) is 24.6 Å². The van der Waals surface area contributed by atoms with E-state index in [1.165, 1.54) is 12.1 Å². The molecule has 7 heteroatoms. The number of rotatable bonds is 2. The number of hydrogen-bond acceptors (Lipinski definition) is 2. The normalized spacial score (nSPS) is 17.6. The Morgan fingerprint density at radius 1 is 1.27 bits per heavy atom. The van der Waals surface area contributed by atoms with E-state index >= 15 is 0 Å². The number of amides is 1. The zero-order valence-electron chi connectivity index (χ0n) is 12.0. The zero-order chi connectivity index (χ0) is 16.3. The second kappa shape index (κ2) is 6.64. The molecule has 0 aromatic heterocycles. The number of alkyl halides is 3. The highest BCUT2D eigenvalue weighted by molar-refractivity contribution is 7.85. The first kappa shape index (κ1) is 16.7. The Bertz CT molecular complexity index is 615. The Labute approximate surface area is 129 Å². The molecule has 0 bridgehead atoms. The maximum absolute atomic E-state index is 12.7. The SMILES string of the molecule is C/C(=C\C(=O)N1CCS(=O)CC1)c1cccc(C(F)(F)F)c1. The minimum absolute atomic E-state index is 0.258. The molecular formula is C15H16F3NO2S. The van der Waals surface area contributed by atoms with Crippen LogP contribution in [-0.2, 0) is 21.8 Å². The van der Waals surface area contributed by atoms with Crippen LogP contribution in [-0.4, -0.2) is 39.6 Å². The summed E-state index contributed by atoms with van der Waals surface area (Å²) in [7, 11) is -0.879. The highest BCUT2D eigenvalue weighted by Crippen LogP contribution is 2.30. The van der Waals surface area contributed by atoms with Gasteiger partial charge in [-0.3, -0.25) is 9.00 Å². The van der Waals surface area contributed by atoms with Gasteiger partial charge in [0.15, 0.2) is 0 Å². The first-order valence-corrected chi connectivity index (χ1v) is 8.26. The van der Waals surface area contributed by atoms with Gasteiger partial charge in [-0.15, -0.1) is 0 Å². The van der Waals surface area contributed by atoms with Crippen LogP contribution in [0.3, 0.4) is 0 Å². The molecule has 0 saturated carbocycles. The van der Waals surface area contributed by atoms with E-state index in [0.717, 1.165) is 12.1 Å². The molecule has 1 aliphatic rings. The van der Waals surface area contributed by atoms with Crippen molar-refractivity contribution in [2.45, 2.75) is 13.1 Å². The third-order valence-electron chi connectivity index (χ3n) is 3.47. The van der Waals surface area contributed by atoms with Gasteiger partial charge in [-0.2, -0.15) is 13.2 Å². The van der Waals surface area contributed by atoms with Gasteiger partial charge in [0.2, 0.25) is 5.91 Å². The van der Waals surface area contributed by atoms with Gasteiger partial charge in [0.05, 0.1) is 5.56 Å². The van der Waals surface area contributed by atoms with Crippen LogP contribution in [0, 0.1) is 0 Å². The van der Waals surface area contributed by atoms with Crippen molar-refractivity contribution < 1.29 is 22.2 Å². The highest BCUT2D eigenvalue weighted by Gasteiger charge is 2.30. The molecule has 0 N–H and O–H groups in total. The van der Waals surface area contributed by atoms with E-state index in [1.807, 2.05) is 0 Å². The van der Waals surface area contributed by atoms with Crippen molar-refractivity contribution in [2.24, 2.45) is 0 Å². The van der Waals surface area contributed by atoms with Crippen molar-refractivity contribution >= 4 is 22.3 Å². The van der Waals surface area contributed by atoms with E-state index in [0.29, 0.717) is 35.7 Å². The molecule has 120 valence electrons. The Morgan fingerprint density at radius 2 is 1.91 bits per heavy atom. The lowest BCUT2D eigenvalue weighted by Gasteiger charge is -2.25. The van der Waals surface area contributed by atoms with E-state index < -0.39 is 22.5 Å². The summed E-state index contributed by atoms with van der Waals surface area (Å²) in [5.41, 5.74) is 0.102. The lowest BCUT2D eigenvalue weighted by molar-refractivity contribution is -0.137. The van der Waals surface area contributed by atoms with Crippen LogP contribution in [0.1, 0.15) is 18.1 Å². The summed E-state index contributed by atoms with van der Waals surface area (Å²) in [5, 5.41) is 0. The topological polar surface area (TPSA) is 37.4 Å². The summed E-state index contributed by atoms with van der Waals surface area (Å²) < 4.78 is 49.4. The third-order valence-corrected chi connectivity index (χ3v) is 4.75. The summed E-state index contributed by atoms with van der Waals surface area (Å²) in [6, 6.07) is 4.90. The third kappa shape index (κ3) is 4.19. The van der Waals surface area contributed by atoms with Crippen LogP contribution in [0.2, 0.25) is 0 Å². The van der Waals surface area contributed by atoms with Crippen LogP contribution in [0.5, 0.6) is 0 Å². The van der Waals surface area contributed by atoms with Gasteiger partial charge in [-0.25, -0.2) is 0 Å². The number of carbonyl (C=O) groups is 1. The van der Waals surface area contributed by atoms with Crippen molar-refractivity contribution in [1.82, 2.24) is 4.90 Å². The molecule has 0 spiro atoms. The molecule has 1 fully saturated rings. The van der Waals surface area contributed by atoms with Crippen molar-refractivity contribution in [3.8, 4) is 0 Å². The Kier molecular flexibility index (Phi) is 5.05. The summed E-state index contributed by atoms with van der Waals surface area (Å²) in [6.45, 7) is 2.44. The van der Waals surface area contributed by atoms with Crippen molar-refractivity contribution in [3.63, 3.8) is 0 Å². The molecule has 2 rings (SSSR count). The fraction of sp³-hybridized carbons (Fsp3) is 0.400. The minimum Gasteiger partial charge on any atom is -0.337 e. The van der Waals surface area contributed by atoms with Crippen LogP contribution >= 0.6 is 0 Å². The fourth-order valence-corrected chi connectivity index (χ4v) is 3.21. The number of carbonyl (C=O) groups excluding carboxylic acids is 1. The summed E-state index contributed by atoms with van der Waals surface area (Å²) >= 11 is 0. The number of benzene rings is 1. The molecule has 1 aromatic rings. The molecule has 1 amide bonds. The Morgan fingerprint density at radius 3 is 2.50 bits per heavy atom. The molecule has 3 nitrogen and oxygen atoms in total. The fourth-order valence-electron chi connectivity index (χ4n) is 2.16. The quantitative estimate of drug-likeness (QED) is 0.782. The van der Waals surface area contributed by atoms with Gasteiger partial charge in [0, 0.05) is 41.5 Å². The first-order chi connectivity index (χ1) is 10.3. The molecule has 0 unspecified atom stereocenters. The van der Waals surface area contributed by atoms with Crippen molar-refractivity contribution in [3.05, 3.63) is 41.5 Å². The predicted octanol–water partition coefficient (Wildman–Crippen LogP) is 2.70. The monoisotopic (exact) mass is 331 g/mol. The van der Waals surface area contributed by atoms with Gasteiger partial charge in [0.1, 0.15) is 0 Å². The van der Waals surface area contributed by atoms with E-state index in [1.54, 1.807) is 17.9 Å². The number of hydrogen-bond donors (Lipinski definition) is 0. The van der Waals surface area contributed by atoms with E-state index in [2.05, 4.69) is 0 Å². The van der Waals surface area contributed by atoms with E-state index in [4.69, 9.17) is 0 Å². The van der Waals surface area contributed by atoms with Crippen LogP contribution in [0.25, 0.3) is 5.57 Å². The van der Waals surface area contributed by atoms with E-state index in [9.17, 15) is 22.2 Å². The molecule has 1 saturated heterocycles. The lowest BCUT2D eigenvalue weighted by atomic mass is 10.0. The summed E-state index contributed by atoms with van der Waals surface area (Å²) in [5.74, 6) is 0.635. The predicted molar refractivity (Wildman–Crippen MR) is 79.6 cm³/mol. The molecule has 1 aliphatic heterocycles. The molecule has 1 heterocycles. The number of nitrogens with zero attached hydrogens (tertiary/aromatic N) is 1. The largest absolute Gasteiger partial charge is 0.416 e. The summed E-state index contributed by atoms with van der Waals surface area (Å²) in [6.07, 6.45) is -3.07. The van der Waals surface area contributed by atoms with Crippen LogP contribution in [0.4, 0.5) is 13.2 Å². The van der Waals surface area contributed by atoms with Gasteiger partial charge >= 0.3 is 6.18 Å². The van der Waals surface area contributed by atoms with Crippen LogP contribution in [0.15, 0.2) is 30.3 Å². The average Bonchev–Trinajstić information content (AvgIpc) is 2.47. The maximum Gasteiger partial charge on any atom is 0.416 e. The Hall–Kier alpha value is -1.63. The van der Waals surface area contributed by atoms with Crippen LogP contribution < -0.4 is 0 Å². The standard InChI is InChI=1S/C15H16F3NO2S/c1-11(9-14(20)19-5-7-22(21)8-6-19)12-3-2-4-13(10-12)15(16,17)18/h2-4,9-10H,5-8H2,1H3/b11-9+. The number of allylic oxidation sites excluding steroid dienone is 1. The van der Waals surface area contributed by atoms with Gasteiger partial charge in [-0.05, 0) is 30.2 Å². The number of halogens is 3. The molecule has 0 radical (unpaired) electrons. The van der Waals surface area contributed by atoms with Gasteiger partial charge < -0.3 is 4.90 Å². The Balaban J connectivity index is 2.15. The summed E-state index contributed by atoms with van der Waals surface area (Å²) in [4.78, 5) is 13.7. The molecule has 1 aromatic carbocycles. The molecule has 0 atom stereocenters.